The van der Waals surface area contributed by atoms with Gasteiger partial charge in [0, 0.05) is 6.04 Å². The summed E-state index contributed by atoms with van der Waals surface area (Å²) in [6.45, 7) is 1.72. The summed E-state index contributed by atoms with van der Waals surface area (Å²) >= 11 is 0. The molecular weight excluding hydrogens is 251 g/mol. The number of aryl methyl sites for hydroxylation is 1. The van der Waals surface area contributed by atoms with Gasteiger partial charge in [-0.1, -0.05) is 6.07 Å². The van der Waals surface area contributed by atoms with Crippen LogP contribution in [0.4, 0.5) is 13.2 Å². The number of benzene rings is 1. The van der Waals surface area contributed by atoms with Gasteiger partial charge in [0.2, 0.25) is 0 Å². The van der Waals surface area contributed by atoms with E-state index in [4.69, 9.17) is 5.73 Å². The molecule has 3 atom stereocenters. The van der Waals surface area contributed by atoms with E-state index in [1.54, 1.807) is 13.0 Å². The summed E-state index contributed by atoms with van der Waals surface area (Å²) in [6, 6.07) is 3.81. The SMILES string of the molecule is Cc1cc(C(F)(F)F)ccc1C(N)C1CC2CC2C1. The van der Waals surface area contributed by atoms with Crippen molar-refractivity contribution in [2.45, 2.75) is 38.4 Å². The number of fused-ring (bicyclic) bond motifs is 1. The van der Waals surface area contributed by atoms with Crippen molar-refractivity contribution in [1.29, 1.82) is 0 Å². The van der Waals surface area contributed by atoms with Crippen molar-refractivity contribution in [3.63, 3.8) is 0 Å². The summed E-state index contributed by atoms with van der Waals surface area (Å²) < 4.78 is 37.9. The lowest BCUT2D eigenvalue weighted by Gasteiger charge is -2.23. The van der Waals surface area contributed by atoms with Crippen LogP contribution in [-0.2, 0) is 6.18 Å². The van der Waals surface area contributed by atoms with Crippen LogP contribution in [0.25, 0.3) is 0 Å². The topological polar surface area (TPSA) is 26.0 Å². The normalized spacial score (nSPS) is 31.1. The zero-order valence-corrected chi connectivity index (χ0v) is 10.9. The Bertz CT molecular complexity index is 485. The number of hydrogen-bond acceptors (Lipinski definition) is 1. The third-order valence-electron chi connectivity index (χ3n) is 4.74. The van der Waals surface area contributed by atoms with Crippen molar-refractivity contribution in [2.24, 2.45) is 23.5 Å². The fourth-order valence-corrected chi connectivity index (χ4v) is 3.53. The van der Waals surface area contributed by atoms with Crippen molar-refractivity contribution in [2.75, 3.05) is 0 Å². The van der Waals surface area contributed by atoms with Gasteiger partial charge in [-0.25, -0.2) is 0 Å². The van der Waals surface area contributed by atoms with Gasteiger partial charge in [0.1, 0.15) is 0 Å². The average Bonchev–Trinajstić information content (AvgIpc) is 2.94. The van der Waals surface area contributed by atoms with Gasteiger partial charge in [-0.05, 0) is 67.2 Å². The molecule has 3 rings (SSSR count). The molecule has 0 aliphatic heterocycles. The van der Waals surface area contributed by atoms with Crippen LogP contribution in [0.5, 0.6) is 0 Å². The maximum atomic E-state index is 12.6. The molecular formula is C15H18F3N. The maximum absolute atomic E-state index is 12.6. The molecule has 0 bridgehead atoms. The van der Waals surface area contributed by atoms with Gasteiger partial charge in [-0.3, -0.25) is 0 Å². The van der Waals surface area contributed by atoms with Crippen LogP contribution in [0.2, 0.25) is 0 Å². The summed E-state index contributed by atoms with van der Waals surface area (Å²) in [5.74, 6) is 2.12. The van der Waals surface area contributed by atoms with Crippen LogP contribution in [0.15, 0.2) is 18.2 Å². The van der Waals surface area contributed by atoms with Gasteiger partial charge in [0.15, 0.2) is 0 Å². The highest BCUT2D eigenvalue weighted by atomic mass is 19.4. The monoisotopic (exact) mass is 269 g/mol. The van der Waals surface area contributed by atoms with Crippen LogP contribution in [0.3, 0.4) is 0 Å². The molecule has 2 N–H and O–H groups in total. The van der Waals surface area contributed by atoms with Gasteiger partial charge in [0.25, 0.3) is 0 Å². The predicted molar refractivity (Wildman–Crippen MR) is 67.4 cm³/mol. The molecule has 1 aromatic rings. The minimum absolute atomic E-state index is 0.116. The Morgan fingerprint density at radius 2 is 1.79 bits per heavy atom. The predicted octanol–water partition coefficient (Wildman–Crippen LogP) is 4.06. The number of nitrogens with two attached hydrogens (primary N) is 1. The molecule has 3 unspecified atom stereocenters. The highest BCUT2D eigenvalue weighted by Crippen LogP contribution is 2.56. The van der Waals surface area contributed by atoms with E-state index in [1.165, 1.54) is 12.5 Å². The van der Waals surface area contributed by atoms with Gasteiger partial charge < -0.3 is 5.73 Å². The Balaban J connectivity index is 1.80. The highest BCUT2D eigenvalue weighted by Gasteiger charge is 2.47. The minimum Gasteiger partial charge on any atom is -0.324 e. The van der Waals surface area contributed by atoms with Crippen LogP contribution < -0.4 is 5.73 Å². The van der Waals surface area contributed by atoms with Crippen molar-refractivity contribution < 1.29 is 13.2 Å². The summed E-state index contributed by atoms with van der Waals surface area (Å²) in [7, 11) is 0. The van der Waals surface area contributed by atoms with E-state index in [2.05, 4.69) is 0 Å². The molecule has 0 spiro atoms. The van der Waals surface area contributed by atoms with E-state index < -0.39 is 11.7 Å². The number of rotatable bonds is 2. The second-order valence-electron chi connectivity index (χ2n) is 6.08. The molecule has 104 valence electrons. The first-order valence-corrected chi connectivity index (χ1v) is 6.79. The van der Waals surface area contributed by atoms with Crippen molar-refractivity contribution >= 4 is 0 Å². The first kappa shape index (κ1) is 13.0. The second kappa shape index (κ2) is 4.23. The number of alkyl halides is 3. The largest absolute Gasteiger partial charge is 0.416 e. The lowest BCUT2D eigenvalue weighted by molar-refractivity contribution is -0.137. The molecule has 0 radical (unpaired) electrons. The first-order valence-electron chi connectivity index (χ1n) is 6.79. The van der Waals surface area contributed by atoms with Gasteiger partial charge >= 0.3 is 6.18 Å². The molecule has 1 aromatic carbocycles. The Kier molecular flexibility index (Phi) is 2.89. The molecule has 1 nitrogen and oxygen atoms in total. The molecule has 0 saturated heterocycles. The third-order valence-corrected chi connectivity index (χ3v) is 4.74. The summed E-state index contributed by atoms with van der Waals surface area (Å²) in [6.07, 6.45) is -0.657. The Morgan fingerprint density at radius 3 is 2.32 bits per heavy atom. The van der Waals surface area contributed by atoms with Crippen LogP contribution in [0.1, 0.15) is 42.0 Å². The fourth-order valence-electron chi connectivity index (χ4n) is 3.53. The fraction of sp³-hybridized carbons (Fsp3) is 0.600. The van der Waals surface area contributed by atoms with E-state index in [-0.39, 0.29) is 6.04 Å². The molecule has 4 heteroatoms. The van der Waals surface area contributed by atoms with E-state index in [9.17, 15) is 13.2 Å². The first-order chi connectivity index (χ1) is 8.86. The molecule has 2 aliphatic carbocycles. The molecule has 2 saturated carbocycles. The van der Waals surface area contributed by atoms with Gasteiger partial charge in [0.05, 0.1) is 5.56 Å². The van der Waals surface area contributed by atoms with Crippen molar-refractivity contribution in [3.05, 3.63) is 34.9 Å². The zero-order chi connectivity index (χ0) is 13.8. The Morgan fingerprint density at radius 1 is 1.16 bits per heavy atom. The number of halogens is 3. The van der Waals surface area contributed by atoms with Crippen molar-refractivity contribution in [1.82, 2.24) is 0 Å². The van der Waals surface area contributed by atoms with Gasteiger partial charge in [-0.2, -0.15) is 13.2 Å². The van der Waals surface area contributed by atoms with E-state index in [0.29, 0.717) is 11.5 Å². The number of hydrogen-bond donors (Lipinski definition) is 1. The molecule has 2 aliphatic rings. The summed E-state index contributed by atoms with van der Waals surface area (Å²) in [5, 5.41) is 0. The zero-order valence-electron chi connectivity index (χ0n) is 10.9. The summed E-state index contributed by atoms with van der Waals surface area (Å²) in [4.78, 5) is 0. The minimum atomic E-state index is -4.28. The van der Waals surface area contributed by atoms with E-state index in [1.807, 2.05) is 0 Å². The maximum Gasteiger partial charge on any atom is 0.416 e. The lowest BCUT2D eigenvalue weighted by atomic mass is 9.87. The van der Waals surface area contributed by atoms with E-state index >= 15 is 0 Å². The molecule has 19 heavy (non-hydrogen) atoms. The molecule has 2 fully saturated rings. The smallest absolute Gasteiger partial charge is 0.324 e. The standard InChI is InChI=1S/C15H18F3N/c1-8-4-12(15(16,17)18)2-3-13(8)14(19)11-6-9-5-10(9)7-11/h2-4,9-11,14H,5-7,19H2,1H3. The molecule has 0 amide bonds. The Hall–Kier alpha value is -1.03. The van der Waals surface area contributed by atoms with Crippen molar-refractivity contribution in [3.8, 4) is 0 Å². The van der Waals surface area contributed by atoms with Gasteiger partial charge in [-0.15, -0.1) is 0 Å². The second-order valence-corrected chi connectivity index (χ2v) is 6.08. The molecule has 0 heterocycles. The third kappa shape index (κ3) is 2.38. The highest BCUT2D eigenvalue weighted by molar-refractivity contribution is 5.35. The molecule has 0 aromatic heterocycles. The van der Waals surface area contributed by atoms with E-state index in [0.717, 1.165) is 36.3 Å². The van der Waals surface area contributed by atoms with Crippen LogP contribution in [0, 0.1) is 24.7 Å². The quantitative estimate of drug-likeness (QED) is 0.860. The Labute approximate surface area is 111 Å². The summed E-state index contributed by atoms with van der Waals surface area (Å²) in [5.41, 5.74) is 7.20. The lowest BCUT2D eigenvalue weighted by Crippen LogP contribution is -2.21. The average molecular weight is 269 g/mol. The van der Waals surface area contributed by atoms with Crippen LogP contribution >= 0.6 is 0 Å². The van der Waals surface area contributed by atoms with Crippen LogP contribution in [-0.4, -0.2) is 0 Å².